The van der Waals surface area contributed by atoms with Crippen molar-refractivity contribution in [2.24, 2.45) is 0 Å². The van der Waals surface area contributed by atoms with Gasteiger partial charge in [-0.05, 0) is 19.3 Å². The number of piperidine rings is 1. The Kier molecular flexibility index (Phi) is 6.34. The second-order valence-electron chi connectivity index (χ2n) is 4.41. The standard InChI is InChI=1S/C12H21ClN2O2/c1-2-3-11(16)14-10-5-8-15(9-6-10)12(17)4-7-13/h10H,2-9H2,1H3,(H,14,16). The van der Waals surface area contributed by atoms with Gasteiger partial charge in [0, 0.05) is 37.9 Å². The summed E-state index contributed by atoms with van der Waals surface area (Å²) >= 11 is 5.54. The Hall–Kier alpha value is -0.770. The summed E-state index contributed by atoms with van der Waals surface area (Å²) in [6.45, 7) is 3.45. The summed E-state index contributed by atoms with van der Waals surface area (Å²) < 4.78 is 0. The Morgan fingerprint density at radius 1 is 1.29 bits per heavy atom. The van der Waals surface area contributed by atoms with Crippen LogP contribution in [0.4, 0.5) is 0 Å². The second-order valence-corrected chi connectivity index (χ2v) is 4.79. The minimum Gasteiger partial charge on any atom is -0.353 e. The molecule has 1 aliphatic rings. The average Bonchev–Trinajstić information content (AvgIpc) is 2.30. The van der Waals surface area contributed by atoms with E-state index in [1.807, 2.05) is 11.8 Å². The number of rotatable bonds is 5. The molecule has 2 amide bonds. The van der Waals surface area contributed by atoms with Gasteiger partial charge in [-0.2, -0.15) is 0 Å². The molecule has 1 heterocycles. The number of likely N-dealkylation sites (tertiary alicyclic amines) is 1. The van der Waals surface area contributed by atoms with E-state index in [2.05, 4.69) is 5.32 Å². The maximum absolute atomic E-state index is 11.6. The van der Waals surface area contributed by atoms with Gasteiger partial charge in [-0.3, -0.25) is 9.59 Å². The fourth-order valence-electron chi connectivity index (χ4n) is 2.04. The van der Waals surface area contributed by atoms with Crippen molar-refractivity contribution >= 4 is 23.4 Å². The number of halogens is 1. The van der Waals surface area contributed by atoms with Crippen molar-refractivity contribution in [3.05, 3.63) is 0 Å². The first-order valence-electron chi connectivity index (χ1n) is 6.30. The van der Waals surface area contributed by atoms with Gasteiger partial charge in [0.15, 0.2) is 0 Å². The van der Waals surface area contributed by atoms with Crippen LogP contribution >= 0.6 is 11.6 Å². The van der Waals surface area contributed by atoms with Crippen LogP contribution in [0, 0.1) is 0 Å². The molecule has 1 rings (SSSR count). The fourth-order valence-corrected chi connectivity index (χ4v) is 2.20. The molecular formula is C12H21ClN2O2. The summed E-state index contributed by atoms with van der Waals surface area (Å²) in [6.07, 6.45) is 3.58. The number of amides is 2. The summed E-state index contributed by atoms with van der Waals surface area (Å²) in [5.41, 5.74) is 0. The number of nitrogens with zero attached hydrogens (tertiary/aromatic N) is 1. The summed E-state index contributed by atoms with van der Waals surface area (Å²) in [5, 5.41) is 3.01. The molecule has 0 aliphatic carbocycles. The van der Waals surface area contributed by atoms with Gasteiger partial charge in [-0.15, -0.1) is 11.6 Å². The molecule has 1 aliphatic heterocycles. The minimum absolute atomic E-state index is 0.123. The average molecular weight is 261 g/mol. The summed E-state index contributed by atoms with van der Waals surface area (Å²) in [5.74, 6) is 0.628. The SMILES string of the molecule is CCCC(=O)NC1CCN(C(=O)CCCl)CC1. The quantitative estimate of drug-likeness (QED) is 0.762. The highest BCUT2D eigenvalue weighted by Crippen LogP contribution is 2.12. The first kappa shape index (κ1) is 14.3. The number of hydrogen-bond donors (Lipinski definition) is 1. The lowest BCUT2D eigenvalue weighted by atomic mass is 10.0. The lowest BCUT2D eigenvalue weighted by Gasteiger charge is -2.32. The zero-order valence-electron chi connectivity index (χ0n) is 10.4. The largest absolute Gasteiger partial charge is 0.353 e. The van der Waals surface area contributed by atoms with Crippen LogP contribution in [0.15, 0.2) is 0 Å². The molecule has 1 fully saturated rings. The van der Waals surface area contributed by atoms with Crippen molar-refractivity contribution in [1.29, 1.82) is 0 Å². The van der Waals surface area contributed by atoms with Crippen LogP contribution in [0.25, 0.3) is 0 Å². The molecule has 98 valence electrons. The zero-order valence-corrected chi connectivity index (χ0v) is 11.1. The van der Waals surface area contributed by atoms with E-state index in [1.54, 1.807) is 0 Å². The molecule has 0 saturated carbocycles. The molecule has 5 heteroatoms. The van der Waals surface area contributed by atoms with Crippen molar-refractivity contribution in [3.63, 3.8) is 0 Å². The molecule has 0 radical (unpaired) electrons. The molecule has 17 heavy (non-hydrogen) atoms. The van der Waals surface area contributed by atoms with E-state index in [0.717, 1.165) is 32.4 Å². The predicted octanol–water partition coefficient (Wildman–Crippen LogP) is 1.52. The predicted molar refractivity (Wildman–Crippen MR) is 68.0 cm³/mol. The van der Waals surface area contributed by atoms with Crippen LogP contribution in [0.5, 0.6) is 0 Å². The third-order valence-corrected chi connectivity index (χ3v) is 3.19. The number of carbonyl (C=O) groups is 2. The summed E-state index contributed by atoms with van der Waals surface area (Å²) in [7, 11) is 0. The first-order valence-corrected chi connectivity index (χ1v) is 6.84. The van der Waals surface area contributed by atoms with E-state index < -0.39 is 0 Å². The van der Waals surface area contributed by atoms with Gasteiger partial charge >= 0.3 is 0 Å². The maximum atomic E-state index is 11.6. The monoisotopic (exact) mass is 260 g/mol. The van der Waals surface area contributed by atoms with Crippen molar-refractivity contribution in [2.45, 2.75) is 45.1 Å². The molecular weight excluding hydrogens is 240 g/mol. The Balaban J connectivity index is 2.26. The normalized spacial score (nSPS) is 16.9. The van der Waals surface area contributed by atoms with Gasteiger partial charge in [0.25, 0.3) is 0 Å². The molecule has 0 aromatic rings. The molecule has 0 bridgehead atoms. The highest BCUT2D eigenvalue weighted by molar-refractivity contribution is 6.18. The lowest BCUT2D eigenvalue weighted by molar-refractivity contribution is -0.132. The van der Waals surface area contributed by atoms with Crippen molar-refractivity contribution < 1.29 is 9.59 Å². The molecule has 4 nitrogen and oxygen atoms in total. The molecule has 0 unspecified atom stereocenters. The molecule has 0 atom stereocenters. The zero-order chi connectivity index (χ0) is 12.7. The highest BCUT2D eigenvalue weighted by atomic mass is 35.5. The van der Waals surface area contributed by atoms with E-state index in [4.69, 9.17) is 11.6 Å². The van der Waals surface area contributed by atoms with Crippen molar-refractivity contribution in [3.8, 4) is 0 Å². The fraction of sp³-hybridized carbons (Fsp3) is 0.833. The van der Waals surface area contributed by atoms with E-state index >= 15 is 0 Å². The Morgan fingerprint density at radius 3 is 2.47 bits per heavy atom. The Morgan fingerprint density at radius 2 is 1.94 bits per heavy atom. The van der Waals surface area contributed by atoms with Gasteiger partial charge in [0.05, 0.1) is 0 Å². The summed E-state index contributed by atoms with van der Waals surface area (Å²) in [4.78, 5) is 24.8. The smallest absolute Gasteiger partial charge is 0.223 e. The van der Waals surface area contributed by atoms with Crippen LogP contribution in [0.2, 0.25) is 0 Å². The van der Waals surface area contributed by atoms with Gasteiger partial charge in [0.1, 0.15) is 0 Å². The second kappa shape index (κ2) is 7.54. The molecule has 1 N–H and O–H groups in total. The highest BCUT2D eigenvalue weighted by Gasteiger charge is 2.22. The van der Waals surface area contributed by atoms with Gasteiger partial charge in [-0.25, -0.2) is 0 Å². The van der Waals surface area contributed by atoms with E-state index in [0.29, 0.717) is 18.7 Å². The topological polar surface area (TPSA) is 49.4 Å². The molecule has 0 aromatic carbocycles. The van der Waals surface area contributed by atoms with Crippen LogP contribution in [0.1, 0.15) is 39.0 Å². The first-order chi connectivity index (χ1) is 8.17. The van der Waals surface area contributed by atoms with E-state index in [1.165, 1.54) is 0 Å². The molecule has 0 spiro atoms. The Labute approximate surface area is 108 Å². The molecule has 1 saturated heterocycles. The number of alkyl halides is 1. The summed E-state index contributed by atoms with van der Waals surface area (Å²) in [6, 6.07) is 0.231. The third-order valence-electron chi connectivity index (χ3n) is 3.00. The van der Waals surface area contributed by atoms with Crippen LogP contribution < -0.4 is 5.32 Å². The van der Waals surface area contributed by atoms with Gasteiger partial charge < -0.3 is 10.2 Å². The van der Waals surface area contributed by atoms with E-state index in [9.17, 15) is 9.59 Å². The van der Waals surface area contributed by atoms with Crippen molar-refractivity contribution in [2.75, 3.05) is 19.0 Å². The van der Waals surface area contributed by atoms with Crippen LogP contribution in [-0.4, -0.2) is 41.7 Å². The van der Waals surface area contributed by atoms with Crippen LogP contribution in [-0.2, 0) is 9.59 Å². The Bertz CT molecular complexity index is 263. The van der Waals surface area contributed by atoms with Crippen LogP contribution in [0.3, 0.4) is 0 Å². The number of hydrogen-bond acceptors (Lipinski definition) is 2. The lowest BCUT2D eigenvalue weighted by Crippen LogP contribution is -2.46. The third kappa shape index (κ3) is 4.94. The van der Waals surface area contributed by atoms with Crippen molar-refractivity contribution in [1.82, 2.24) is 10.2 Å². The number of nitrogens with one attached hydrogen (secondary N) is 1. The number of carbonyl (C=O) groups excluding carboxylic acids is 2. The molecule has 0 aromatic heterocycles. The maximum Gasteiger partial charge on any atom is 0.223 e. The van der Waals surface area contributed by atoms with E-state index in [-0.39, 0.29) is 17.9 Å². The van der Waals surface area contributed by atoms with Gasteiger partial charge in [0.2, 0.25) is 11.8 Å². The van der Waals surface area contributed by atoms with Gasteiger partial charge in [-0.1, -0.05) is 6.92 Å². The minimum atomic E-state index is 0.123.